The number of rotatable bonds is 8. The minimum atomic E-state index is -3.75. The van der Waals surface area contributed by atoms with Crippen LogP contribution in [-0.4, -0.2) is 20.9 Å². The van der Waals surface area contributed by atoms with Gasteiger partial charge >= 0.3 is 0 Å². The molecule has 2 aromatic rings. The van der Waals surface area contributed by atoms with E-state index in [0.717, 1.165) is 19.3 Å². The molecule has 25 heavy (non-hydrogen) atoms. The summed E-state index contributed by atoms with van der Waals surface area (Å²) in [7, 11) is -3.75. The van der Waals surface area contributed by atoms with E-state index in [-0.39, 0.29) is 10.8 Å². The molecule has 6 nitrogen and oxygen atoms in total. The van der Waals surface area contributed by atoms with E-state index in [9.17, 15) is 13.2 Å². The van der Waals surface area contributed by atoms with Crippen LogP contribution in [0.3, 0.4) is 0 Å². The standard InChI is InChI=1S/C18H22N2O4S/c1-2-3-6-13-24-17-8-5-4-7-16(17)18(21)20-14-9-11-15(12-10-14)25(19,22)23/h4-5,7-12H,2-3,6,13H2,1H3,(H,20,21)(H2,19,22,23). The smallest absolute Gasteiger partial charge is 0.259 e. The van der Waals surface area contributed by atoms with Crippen molar-refractivity contribution in [3.63, 3.8) is 0 Å². The Labute approximate surface area is 148 Å². The van der Waals surface area contributed by atoms with Crippen LogP contribution in [0.2, 0.25) is 0 Å². The molecular weight excluding hydrogens is 340 g/mol. The highest BCUT2D eigenvalue weighted by Crippen LogP contribution is 2.21. The third-order valence-corrected chi connectivity index (χ3v) is 4.51. The van der Waals surface area contributed by atoms with Crippen molar-refractivity contribution in [3.05, 3.63) is 54.1 Å². The van der Waals surface area contributed by atoms with Gasteiger partial charge in [0.05, 0.1) is 17.1 Å². The SMILES string of the molecule is CCCCCOc1ccccc1C(=O)Nc1ccc(S(N)(=O)=O)cc1. The molecule has 0 bridgehead atoms. The quantitative estimate of drug-likeness (QED) is 0.705. The lowest BCUT2D eigenvalue weighted by Gasteiger charge is -2.12. The molecule has 0 heterocycles. The number of anilines is 1. The summed E-state index contributed by atoms with van der Waals surface area (Å²) in [5, 5.41) is 7.78. The summed E-state index contributed by atoms with van der Waals surface area (Å²) < 4.78 is 28.2. The number of para-hydroxylation sites is 1. The lowest BCUT2D eigenvalue weighted by atomic mass is 10.2. The molecule has 2 aromatic carbocycles. The summed E-state index contributed by atoms with van der Waals surface area (Å²) in [4.78, 5) is 12.5. The van der Waals surface area contributed by atoms with E-state index in [4.69, 9.17) is 9.88 Å². The van der Waals surface area contributed by atoms with Crippen molar-refractivity contribution >= 4 is 21.6 Å². The monoisotopic (exact) mass is 362 g/mol. The van der Waals surface area contributed by atoms with Crippen molar-refractivity contribution in [2.45, 2.75) is 31.1 Å². The maximum Gasteiger partial charge on any atom is 0.259 e. The number of carbonyl (C=O) groups is 1. The Balaban J connectivity index is 2.08. The summed E-state index contributed by atoms with van der Waals surface area (Å²) in [6.45, 7) is 2.67. The van der Waals surface area contributed by atoms with E-state index >= 15 is 0 Å². The molecule has 3 N–H and O–H groups in total. The average molecular weight is 362 g/mol. The van der Waals surface area contributed by atoms with Crippen molar-refractivity contribution in [1.29, 1.82) is 0 Å². The maximum absolute atomic E-state index is 12.5. The van der Waals surface area contributed by atoms with Gasteiger partial charge in [0.1, 0.15) is 5.75 Å². The molecule has 1 amide bonds. The van der Waals surface area contributed by atoms with Crippen molar-refractivity contribution in [2.24, 2.45) is 5.14 Å². The minimum absolute atomic E-state index is 0.00911. The molecule has 7 heteroatoms. The summed E-state index contributed by atoms with van der Waals surface area (Å²) in [5.41, 5.74) is 0.896. The van der Waals surface area contributed by atoms with E-state index < -0.39 is 10.0 Å². The fourth-order valence-electron chi connectivity index (χ4n) is 2.24. The molecule has 0 aliphatic rings. The molecule has 0 fully saturated rings. The Morgan fingerprint density at radius 1 is 1.08 bits per heavy atom. The first-order valence-electron chi connectivity index (χ1n) is 8.08. The number of unbranched alkanes of at least 4 members (excludes halogenated alkanes) is 2. The molecular formula is C18H22N2O4S. The van der Waals surface area contributed by atoms with Crippen LogP contribution < -0.4 is 15.2 Å². The number of hydrogen-bond acceptors (Lipinski definition) is 4. The van der Waals surface area contributed by atoms with Crippen molar-refractivity contribution < 1.29 is 17.9 Å². The molecule has 0 saturated carbocycles. The van der Waals surface area contributed by atoms with Crippen molar-refractivity contribution in [2.75, 3.05) is 11.9 Å². The molecule has 0 saturated heterocycles. The second-order valence-electron chi connectivity index (χ2n) is 5.58. The highest BCUT2D eigenvalue weighted by atomic mass is 32.2. The topological polar surface area (TPSA) is 98.5 Å². The fourth-order valence-corrected chi connectivity index (χ4v) is 2.76. The van der Waals surface area contributed by atoms with E-state index in [1.807, 2.05) is 6.07 Å². The lowest BCUT2D eigenvalue weighted by molar-refractivity contribution is 0.102. The van der Waals surface area contributed by atoms with Gasteiger partial charge in [-0.25, -0.2) is 13.6 Å². The van der Waals surface area contributed by atoms with Gasteiger partial charge in [-0.3, -0.25) is 4.79 Å². The largest absolute Gasteiger partial charge is 0.493 e. The fraction of sp³-hybridized carbons (Fsp3) is 0.278. The molecule has 0 radical (unpaired) electrons. The third kappa shape index (κ3) is 5.58. The number of hydrogen-bond donors (Lipinski definition) is 2. The van der Waals surface area contributed by atoms with Gasteiger partial charge in [-0.1, -0.05) is 31.9 Å². The van der Waals surface area contributed by atoms with Gasteiger partial charge in [0.25, 0.3) is 5.91 Å². The highest BCUT2D eigenvalue weighted by molar-refractivity contribution is 7.89. The van der Waals surface area contributed by atoms with Crippen LogP contribution in [0.4, 0.5) is 5.69 Å². The number of benzene rings is 2. The summed E-state index contributed by atoms with van der Waals surface area (Å²) in [6.07, 6.45) is 3.10. The molecule has 0 atom stereocenters. The van der Waals surface area contributed by atoms with Crippen LogP contribution >= 0.6 is 0 Å². The van der Waals surface area contributed by atoms with Gasteiger partial charge < -0.3 is 10.1 Å². The first-order chi connectivity index (χ1) is 11.9. The number of nitrogens with one attached hydrogen (secondary N) is 1. The normalized spacial score (nSPS) is 11.1. The van der Waals surface area contributed by atoms with Crippen LogP contribution in [0.15, 0.2) is 53.4 Å². The van der Waals surface area contributed by atoms with Crippen molar-refractivity contribution in [1.82, 2.24) is 0 Å². The van der Waals surface area contributed by atoms with Gasteiger partial charge in [0.15, 0.2) is 0 Å². The second kappa shape index (κ2) is 8.64. The Bertz CT molecular complexity index is 817. The molecule has 134 valence electrons. The average Bonchev–Trinajstić information content (AvgIpc) is 2.59. The van der Waals surface area contributed by atoms with Gasteiger partial charge in [0, 0.05) is 5.69 Å². The van der Waals surface area contributed by atoms with Crippen LogP contribution in [-0.2, 0) is 10.0 Å². The molecule has 0 unspecified atom stereocenters. The molecule has 0 spiro atoms. The second-order valence-corrected chi connectivity index (χ2v) is 7.14. The van der Waals surface area contributed by atoms with Gasteiger partial charge in [-0.05, 0) is 42.8 Å². The zero-order valence-electron chi connectivity index (χ0n) is 14.1. The van der Waals surface area contributed by atoms with Gasteiger partial charge in [-0.2, -0.15) is 0 Å². The summed E-state index contributed by atoms with van der Waals surface area (Å²) >= 11 is 0. The Morgan fingerprint density at radius 2 is 1.76 bits per heavy atom. The maximum atomic E-state index is 12.5. The first-order valence-corrected chi connectivity index (χ1v) is 9.62. The highest BCUT2D eigenvalue weighted by Gasteiger charge is 2.13. The predicted octanol–water partition coefficient (Wildman–Crippen LogP) is 3.16. The number of nitrogens with two attached hydrogens (primary N) is 1. The summed E-state index contributed by atoms with van der Waals surface area (Å²) in [5.74, 6) is 0.201. The van der Waals surface area contributed by atoms with Crippen LogP contribution in [0, 0.1) is 0 Å². The zero-order valence-corrected chi connectivity index (χ0v) is 14.9. The third-order valence-electron chi connectivity index (χ3n) is 3.58. The number of sulfonamides is 1. The van der Waals surface area contributed by atoms with Gasteiger partial charge in [0.2, 0.25) is 10.0 Å². The minimum Gasteiger partial charge on any atom is -0.493 e. The first kappa shape index (κ1) is 19.0. The van der Waals surface area contributed by atoms with Crippen LogP contribution in [0.1, 0.15) is 36.5 Å². The molecule has 0 aliphatic heterocycles. The number of ether oxygens (including phenoxy) is 1. The molecule has 2 rings (SSSR count). The van der Waals surface area contributed by atoms with E-state index in [2.05, 4.69) is 12.2 Å². The Kier molecular flexibility index (Phi) is 6.55. The number of amides is 1. The Hall–Kier alpha value is -2.38. The zero-order chi connectivity index (χ0) is 18.3. The number of primary sulfonamides is 1. The van der Waals surface area contributed by atoms with Crippen molar-refractivity contribution in [3.8, 4) is 5.75 Å². The van der Waals surface area contributed by atoms with Gasteiger partial charge in [-0.15, -0.1) is 0 Å². The van der Waals surface area contributed by atoms with E-state index in [1.165, 1.54) is 24.3 Å². The predicted molar refractivity (Wildman–Crippen MR) is 97.2 cm³/mol. The van der Waals surface area contributed by atoms with Crippen LogP contribution in [0.5, 0.6) is 5.75 Å². The molecule has 0 aliphatic carbocycles. The molecule has 0 aromatic heterocycles. The van der Waals surface area contributed by atoms with E-state index in [0.29, 0.717) is 23.6 Å². The summed E-state index contributed by atoms with van der Waals surface area (Å²) in [6, 6.07) is 12.7. The van der Waals surface area contributed by atoms with Crippen LogP contribution in [0.25, 0.3) is 0 Å². The van der Waals surface area contributed by atoms with E-state index in [1.54, 1.807) is 18.2 Å². The lowest BCUT2D eigenvalue weighted by Crippen LogP contribution is -2.15. The number of carbonyl (C=O) groups excluding carboxylic acids is 1. The Morgan fingerprint density at radius 3 is 2.40 bits per heavy atom.